The second-order valence-electron chi connectivity index (χ2n) is 7.22. The summed E-state index contributed by atoms with van der Waals surface area (Å²) in [5, 5.41) is 4.56. The first kappa shape index (κ1) is 22.8. The Morgan fingerprint density at radius 2 is 1.69 bits per heavy atom. The highest BCUT2D eigenvalue weighted by Gasteiger charge is 2.26. The van der Waals surface area contributed by atoms with Gasteiger partial charge in [0.25, 0.3) is 5.91 Å². The molecule has 0 bridgehead atoms. The molecule has 1 fully saturated rings. The van der Waals surface area contributed by atoms with Crippen LogP contribution in [0.25, 0.3) is 0 Å². The van der Waals surface area contributed by atoms with Crippen molar-refractivity contribution in [2.45, 2.75) is 38.0 Å². The van der Waals surface area contributed by atoms with Crippen LogP contribution in [0.3, 0.4) is 0 Å². The van der Waals surface area contributed by atoms with Crippen LogP contribution in [-0.2, 0) is 19.6 Å². The number of imide groups is 1. The summed E-state index contributed by atoms with van der Waals surface area (Å²) in [6.45, 7) is 4.59. The van der Waals surface area contributed by atoms with E-state index in [0.29, 0.717) is 19.6 Å². The van der Waals surface area contributed by atoms with E-state index in [-0.39, 0.29) is 16.4 Å². The zero-order valence-corrected chi connectivity index (χ0v) is 17.5. The molecule has 160 valence electrons. The summed E-state index contributed by atoms with van der Waals surface area (Å²) in [4.78, 5) is 35.3. The van der Waals surface area contributed by atoms with Gasteiger partial charge in [0.2, 0.25) is 10.0 Å². The fourth-order valence-corrected chi connectivity index (χ4v) is 4.25. The molecule has 0 aliphatic carbocycles. The second kappa shape index (κ2) is 10.4. The molecular formula is C19H27N3O6S. The van der Waals surface area contributed by atoms with Crippen LogP contribution in [0, 0.1) is 5.92 Å². The largest absolute Gasteiger partial charge is 0.452 e. The lowest BCUT2D eigenvalue weighted by molar-refractivity contribution is -0.123. The number of carbonyl (C=O) groups is 3. The molecule has 0 unspecified atom stereocenters. The number of piperidine rings is 1. The van der Waals surface area contributed by atoms with Gasteiger partial charge in [0.05, 0.1) is 10.5 Å². The van der Waals surface area contributed by atoms with E-state index in [1.54, 1.807) is 0 Å². The standard InChI is InChI=1S/C19H27N3O6S/c1-14(2)12-20-19(25)21-17(23)13-28-18(24)15-6-8-16(9-7-15)29(26,27)22-10-4-3-5-11-22/h6-9,14H,3-5,10-13H2,1-2H3,(H2,20,21,23,25). The molecule has 1 aliphatic heterocycles. The zero-order chi connectivity index (χ0) is 21.4. The topological polar surface area (TPSA) is 122 Å². The normalized spacial score (nSPS) is 15.0. The maximum Gasteiger partial charge on any atom is 0.338 e. The highest BCUT2D eigenvalue weighted by Crippen LogP contribution is 2.21. The number of nitrogens with zero attached hydrogens (tertiary/aromatic N) is 1. The van der Waals surface area contributed by atoms with Gasteiger partial charge in [-0.25, -0.2) is 18.0 Å². The van der Waals surface area contributed by atoms with Crippen LogP contribution in [-0.4, -0.2) is 56.9 Å². The minimum Gasteiger partial charge on any atom is -0.452 e. The van der Waals surface area contributed by atoms with Crippen molar-refractivity contribution in [3.05, 3.63) is 29.8 Å². The second-order valence-corrected chi connectivity index (χ2v) is 9.16. The Bertz CT molecular complexity index is 830. The molecule has 10 heteroatoms. The zero-order valence-electron chi connectivity index (χ0n) is 16.6. The molecule has 3 amide bonds. The van der Waals surface area contributed by atoms with Crippen LogP contribution in [0.5, 0.6) is 0 Å². The van der Waals surface area contributed by atoms with Crippen molar-refractivity contribution in [2.75, 3.05) is 26.2 Å². The summed E-state index contributed by atoms with van der Waals surface area (Å²) in [5.41, 5.74) is 0.111. The van der Waals surface area contributed by atoms with Crippen molar-refractivity contribution in [2.24, 2.45) is 5.92 Å². The number of hydrogen-bond donors (Lipinski definition) is 2. The number of ether oxygens (including phenoxy) is 1. The lowest BCUT2D eigenvalue weighted by Gasteiger charge is -2.25. The first-order valence-corrected chi connectivity index (χ1v) is 11.0. The number of hydrogen-bond acceptors (Lipinski definition) is 6. The molecule has 0 radical (unpaired) electrons. The highest BCUT2D eigenvalue weighted by molar-refractivity contribution is 7.89. The monoisotopic (exact) mass is 425 g/mol. The first-order valence-electron chi connectivity index (χ1n) is 9.55. The molecule has 0 aromatic heterocycles. The maximum absolute atomic E-state index is 12.6. The minimum absolute atomic E-state index is 0.107. The van der Waals surface area contributed by atoms with Crippen LogP contribution in [0.4, 0.5) is 4.79 Å². The summed E-state index contributed by atoms with van der Waals surface area (Å²) < 4.78 is 31.5. The van der Waals surface area contributed by atoms with Crippen molar-refractivity contribution in [3.8, 4) is 0 Å². The molecule has 9 nitrogen and oxygen atoms in total. The first-order chi connectivity index (χ1) is 13.7. The van der Waals surface area contributed by atoms with Gasteiger partial charge in [0.15, 0.2) is 6.61 Å². The van der Waals surface area contributed by atoms with E-state index in [1.807, 2.05) is 13.8 Å². The molecule has 29 heavy (non-hydrogen) atoms. The Morgan fingerprint density at radius 3 is 2.28 bits per heavy atom. The average molecular weight is 426 g/mol. The van der Waals surface area contributed by atoms with E-state index in [4.69, 9.17) is 4.74 Å². The molecule has 2 N–H and O–H groups in total. The van der Waals surface area contributed by atoms with Crippen molar-refractivity contribution in [3.63, 3.8) is 0 Å². The number of sulfonamides is 1. The van der Waals surface area contributed by atoms with Crippen LogP contribution < -0.4 is 10.6 Å². The SMILES string of the molecule is CC(C)CNC(=O)NC(=O)COC(=O)c1ccc(S(=O)(=O)N2CCCCC2)cc1. The van der Waals surface area contributed by atoms with E-state index in [2.05, 4.69) is 10.6 Å². The molecule has 1 saturated heterocycles. The molecule has 0 saturated carbocycles. The summed E-state index contributed by atoms with van der Waals surface area (Å²) in [5.74, 6) is -1.32. The summed E-state index contributed by atoms with van der Waals surface area (Å²) in [6, 6.07) is 4.71. The smallest absolute Gasteiger partial charge is 0.338 e. The predicted octanol–water partition coefficient (Wildman–Crippen LogP) is 1.50. The fourth-order valence-electron chi connectivity index (χ4n) is 2.74. The third-order valence-corrected chi connectivity index (χ3v) is 6.21. The van der Waals surface area contributed by atoms with Gasteiger partial charge in [-0.05, 0) is 43.0 Å². The van der Waals surface area contributed by atoms with Crippen LogP contribution >= 0.6 is 0 Å². The molecule has 1 heterocycles. The Balaban J connectivity index is 1.87. The number of carbonyl (C=O) groups excluding carboxylic acids is 3. The van der Waals surface area contributed by atoms with E-state index < -0.39 is 34.5 Å². The Morgan fingerprint density at radius 1 is 1.07 bits per heavy atom. The van der Waals surface area contributed by atoms with Gasteiger partial charge in [-0.1, -0.05) is 20.3 Å². The van der Waals surface area contributed by atoms with E-state index >= 15 is 0 Å². The van der Waals surface area contributed by atoms with E-state index in [9.17, 15) is 22.8 Å². The van der Waals surface area contributed by atoms with E-state index in [1.165, 1.54) is 28.6 Å². The fraction of sp³-hybridized carbons (Fsp3) is 0.526. The third kappa shape index (κ3) is 6.82. The van der Waals surface area contributed by atoms with Gasteiger partial charge >= 0.3 is 12.0 Å². The number of amides is 3. The van der Waals surface area contributed by atoms with Gasteiger partial charge in [0, 0.05) is 19.6 Å². The lowest BCUT2D eigenvalue weighted by atomic mass is 10.2. The molecular weight excluding hydrogens is 398 g/mol. The quantitative estimate of drug-likeness (QED) is 0.639. The maximum atomic E-state index is 12.6. The van der Waals surface area contributed by atoms with Gasteiger partial charge in [0.1, 0.15) is 0 Å². The van der Waals surface area contributed by atoms with Crippen molar-refractivity contribution >= 4 is 27.9 Å². The van der Waals surface area contributed by atoms with Gasteiger partial charge in [-0.2, -0.15) is 4.31 Å². The van der Waals surface area contributed by atoms with Gasteiger partial charge in [-0.3, -0.25) is 10.1 Å². The summed E-state index contributed by atoms with van der Waals surface area (Å²) in [6.07, 6.45) is 2.69. The van der Waals surface area contributed by atoms with Crippen molar-refractivity contribution < 1.29 is 27.5 Å². The molecule has 1 aliphatic rings. The number of urea groups is 1. The van der Waals surface area contributed by atoms with Crippen molar-refractivity contribution in [1.82, 2.24) is 14.9 Å². The Hall–Kier alpha value is -2.46. The van der Waals surface area contributed by atoms with Crippen LogP contribution in [0.1, 0.15) is 43.5 Å². The Labute approximate surface area is 170 Å². The van der Waals surface area contributed by atoms with Crippen LogP contribution in [0.2, 0.25) is 0 Å². The third-order valence-electron chi connectivity index (χ3n) is 4.30. The minimum atomic E-state index is -3.58. The summed E-state index contributed by atoms with van der Waals surface area (Å²) in [7, 11) is -3.58. The molecule has 0 atom stereocenters. The molecule has 0 spiro atoms. The number of rotatable bonds is 7. The highest BCUT2D eigenvalue weighted by atomic mass is 32.2. The number of benzene rings is 1. The lowest BCUT2D eigenvalue weighted by Crippen LogP contribution is -2.42. The number of nitrogens with one attached hydrogen (secondary N) is 2. The molecule has 2 rings (SSSR count). The van der Waals surface area contributed by atoms with Gasteiger partial charge < -0.3 is 10.1 Å². The van der Waals surface area contributed by atoms with Gasteiger partial charge in [-0.15, -0.1) is 0 Å². The van der Waals surface area contributed by atoms with Crippen LogP contribution in [0.15, 0.2) is 29.2 Å². The number of esters is 1. The molecule has 1 aromatic rings. The predicted molar refractivity (Wildman–Crippen MR) is 106 cm³/mol. The van der Waals surface area contributed by atoms with Crippen molar-refractivity contribution in [1.29, 1.82) is 0 Å². The Kier molecular flexibility index (Phi) is 8.15. The van der Waals surface area contributed by atoms with E-state index in [0.717, 1.165) is 19.3 Å². The average Bonchev–Trinajstić information content (AvgIpc) is 2.71. The summed E-state index contributed by atoms with van der Waals surface area (Å²) >= 11 is 0. The molecule has 1 aromatic carbocycles.